The quantitative estimate of drug-likeness (QED) is 0.568. The van der Waals surface area contributed by atoms with Crippen LogP contribution in [0.4, 0.5) is 0 Å². The Bertz CT molecular complexity index is 280. The second-order valence-corrected chi connectivity index (χ2v) is 4.32. The van der Waals surface area contributed by atoms with Crippen molar-refractivity contribution in [2.75, 3.05) is 0 Å². The number of hydrogen-bond donors (Lipinski definition) is 0. The van der Waals surface area contributed by atoms with Gasteiger partial charge in [0.25, 0.3) is 0 Å². The predicted molar refractivity (Wildman–Crippen MR) is 47.2 cm³/mol. The van der Waals surface area contributed by atoms with Crippen molar-refractivity contribution in [2.45, 2.75) is 44.7 Å². The molecule has 13 heavy (non-hydrogen) atoms. The van der Waals surface area contributed by atoms with E-state index in [1.54, 1.807) is 6.08 Å². The van der Waals surface area contributed by atoms with Crippen LogP contribution in [0, 0.1) is 0 Å². The van der Waals surface area contributed by atoms with Gasteiger partial charge in [0.1, 0.15) is 5.60 Å². The average Bonchev–Trinajstić information content (AvgIpc) is 2.20. The molecule has 1 aliphatic heterocycles. The van der Waals surface area contributed by atoms with Crippen LogP contribution in [-0.4, -0.2) is 23.3 Å². The smallest absolute Gasteiger partial charge is 0.187 e. The van der Waals surface area contributed by atoms with E-state index in [1.165, 1.54) is 0 Å². The third-order valence-corrected chi connectivity index (χ3v) is 2.50. The predicted octanol–water partition coefficient (Wildman–Crippen LogP) is 1.43. The minimum absolute atomic E-state index is 0.0133. The van der Waals surface area contributed by atoms with Crippen molar-refractivity contribution < 1.29 is 14.3 Å². The summed E-state index contributed by atoms with van der Waals surface area (Å²) < 4.78 is 11.3. The molecule has 72 valence electrons. The van der Waals surface area contributed by atoms with Gasteiger partial charge in [0.15, 0.2) is 17.7 Å². The van der Waals surface area contributed by atoms with E-state index in [9.17, 15) is 4.79 Å². The van der Waals surface area contributed by atoms with Gasteiger partial charge in [-0.15, -0.1) is 0 Å². The zero-order chi connectivity index (χ0) is 9.69. The number of carbonyl (C=O) groups excluding carboxylic acids is 1. The lowest BCUT2D eigenvalue weighted by molar-refractivity contribution is -0.161. The summed E-state index contributed by atoms with van der Waals surface area (Å²) in [7, 11) is 0. The van der Waals surface area contributed by atoms with Crippen molar-refractivity contribution in [3.8, 4) is 0 Å². The minimum atomic E-state index is -0.638. The lowest BCUT2D eigenvalue weighted by Crippen LogP contribution is -2.43. The Morgan fingerprint density at radius 1 is 1.46 bits per heavy atom. The van der Waals surface area contributed by atoms with Gasteiger partial charge in [-0.05, 0) is 33.3 Å². The molecule has 0 aromatic heterocycles. The molecule has 2 atom stereocenters. The summed E-state index contributed by atoms with van der Waals surface area (Å²) in [5.74, 6) is -0.625. The van der Waals surface area contributed by atoms with Crippen molar-refractivity contribution in [3.05, 3.63) is 12.2 Å². The Morgan fingerprint density at radius 2 is 2.15 bits per heavy atom. The lowest BCUT2D eigenvalue weighted by atomic mass is 9.88. The van der Waals surface area contributed by atoms with E-state index in [4.69, 9.17) is 9.47 Å². The van der Waals surface area contributed by atoms with Crippen LogP contribution in [-0.2, 0) is 14.3 Å². The molecule has 2 aliphatic rings. The molecule has 0 N–H and O–H groups in total. The average molecular weight is 182 g/mol. The number of ether oxygens (including phenoxy) is 2. The molecule has 2 rings (SSSR count). The van der Waals surface area contributed by atoms with Crippen LogP contribution >= 0.6 is 0 Å². The maximum Gasteiger partial charge on any atom is 0.187 e. The first-order valence-electron chi connectivity index (χ1n) is 4.51. The van der Waals surface area contributed by atoms with Gasteiger partial charge in [-0.1, -0.05) is 6.08 Å². The van der Waals surface area contributed by atoms with Crippen LogP contribution in [0.1, 0.15) is 27.2 Å². The maximum atomic E-state index is 11.5. The van der Waals surface area contributed by atoms with E-state index in [0.29, 0.717) is 0 Å². The fourth-order valence-electron chi connectivity index (χ4n) is 2.05. The van der Waals surface area contributed by atoms with E-state index >= 15 is 0 Å². The molecular formula is C10H14O3. The summed E-state index contributed by atoms with van der Waals surface area (Å²) in [6.45, 7) is 5.60. The molecule has 1 fully saturated rings. The highest BCUT2D eigenvalue weighted by Gasteiger charge is 2.53. The molecule has 0 saturated carbocycles. The highest BCUT2D eigenvalue weighted by Crippen LogP contribution is 2.40. The minimum Gasteiger partial charge on any atom is -0.341 e. The largest absolute Gasteiger partial charge is 0.341 e. The highest BCUT2D eigenvalue weighted by molar-refractivity contribution is 5.95. The standard InChI is InChI=1S/C10H14O3/c1-9(2)12-8-7(11)5-4-6-10(8,3)13-9/h4-5,8H,6H2,1-3H3/t8-,10+/m0/s1. The molecule has 3 heteroatoms. The summed E-state index contributed by atoms with van der Waals surface area (Å²) in [5.41, 5.74) is -0.463. The molecule has 1 saturated heterocycles. The monoisotopic (exact) mass is 182 g/mol. The van der Waals surface area contributed by atoms with E-state index in [0.717, 1.165) is 6.42 Å². The summed E-state index contributed by atoms with van der Waals surface area (Å²) in [4.78, 5) is 11.5. The number of fused-ring (bicyclic) bond motifs is 1. The first-order chi connectivity index (χ1) is 5.93. The van der Waals surface area contributed by atoms with Gasteiger partial charge in [0.05, 0.1) is 0 Å². The van der Waals surface area contributed by atoms with Crippen molar-refractivity contribution in [2.24, 2.45) is 0 Å². The third kappa shape index (κ3) is 1.32. The molecule has 0 radical (unpaired) electrons. The Kier molecular flexibility index (Phi) is 1.66. The van der Waals surface area contributed by atoms with Crippen LogP contribution in [0.5, 0.6) is 0 Å². The van der Waals surface area contributed by atoms with Crippen molar-refractivity contribution in [1.29, 1.82) is 0 Å². The van der Waals surface area contributed by atoms with Gasteiger partial charge >= 0.3 is 0 Å². The third-order valence-electron chi connectivity index (χ3n) is 2.50. The molecule has 3 nitrogen and oxygen atoms in total. The molecule has 0 aromatic rings. The molecule has 0 spiro atoms. The Labute approximate surface area is 77.7 Å². The molecule has 1 aliphatic carbocycles. The summed E-state index contributed by atoms with van der Waals surface area (Å²) >= 11 is 0. The Balaban J connectivity index is 2.33. The molecule has 0 amide bonds. The zero-order valence-electron chi connectivity index (χ0n) is 8.16. The number of hydrogen-bond acceptors (Lipinski definition) is 3. The maximum absolute atomic E-state index is 11.5. The second kappa shape index (κ2) is 2.42. The number of rotatable bonds is 0. The zero-order valence-corrected chi connectivity index (χ0v) is 8.16. The summed E-state index contributed by atoms with van der Waals surface area (Å²) in [6.07, 6.45) is 3.75. The lowest BCUT2D eigenvalue weighted by Gasteiger charge is -2.28. The van der Waals surface area contributed by atoms with E-state index < -0.39 is 17.5 Å². The van der Waals surface area contributed by atoms with Crippen molar-refractivity contribution in [3.63, 3.8) is 0 Å². The van der Waals surface area contributed by atoms with Crippen LogP contribution in [0.3, 0.4) is 0 Å². The molecular weight excluding hydrogens is 168 g/mol. The van der Waals surface area contributed by atoms with Gasteiger partial charge in [-0.3, -0.25) is 4.79 Å². The van der Waals surface area contributed by atoms with Crippen molar-refractivity contribution in [1.82, 2.24) is 0 Å². The number of carbonyl (C=O) groups is 1. The SMILES string of the molecule is CC1(C)O[C@H]2C(=O)C=CC[C@@]2(C)O1. The normalized spacial score (nSPS) is 42.1. The first kappa shape index (κ1) is 8.91. The van der Waals surface area contributed by atoms with Crippen LogP contribution in [0.2, 0.25) is 0 Å². The van der Waals surface area contributed by atoms with Gasteiger partial charge in [-0.2, -0.15) is 0 Å². The molecule has 0 unspecified atom stereocenters. The fourth-order valence-corrected chi connectivity index (χ4v) is 2.05. The van der Waals surface area contributed by atoms with Crippen LogP contribution in [0.15, 0.2) is 12.2 Å². The Hall–Kier alpha value is -0.670. The van der Waals surface area contributed by atoms with E-state index in [1.807, 2.05) is 26.8 Å². The second-order valence-electron chi connectivity index (χ2n) is 4.32. The van der Waals surface area contributed by atoms with Crippen LogP contribution < -0.4 is 0 Å². The molecule has 0 aromatic carbocycles. The summed E-state index contributed by atoms with van der Waals surface area (Å²) in [6, 6.07) is 0. The fraction of sp³-hybridized carbons (Fsp3) is 0.700. The molecule has 1 heterocycles. The topological polar surface area (TPSA) is 35.5 Å². The van der Waals surface area contributed by atoms with Gasteiger partial charge in [-0.25, -0.2) is 0 Å². The van der Waals surface area contributed by atoms with Gasteiger partial charge < -0.3 is 9.47 Å². The van der Waals surface area contributed by atoms with Gasteiger partial charge in [0, 0.05) is 0 Å². The first-order valence-corrected chi connectivity index (χ1v) is 4.51. The highest BCUT2D eigenvalue weighted by atomic mass is 16.8. The Morgan fingerprint density at radius 3 is 2.77 bits per heavy atom. The van der Waals surface area contributed by atoms with Crippen LogP contribution in [0.25, 0.3) is 0 Å². The van der Waals surface area contributed by atoms with E-state index in [2.05, 4.69) is 0 Å². The molecule has 0 bridgehead atoms. The van der Waals surface area contributed by atoms with E-state index in [-0.39, 0.29) is 5.78 Å². The van der Waals surface area contributed by atoms with Crippen molar-refractivity contribution >= 4 is 5.78 Å². The number of ketones is 1. The van der Waals surface area contributed by atoms with Gasteiger partial charge in [0.2, 0.25) is 0 Å². The summed E-state index contributed by atoms with van der Waals surface area (Å²) in [5, 5.41) is 0.